The van der Waals surface area contributed by atoms with E-state index in [1.165, 1.54) is 18.0 Å². The lowest BCUT2D eigenvalue weighted by Crippen LogP contribution is -2.33. The van der Waals surface area contributed by atoms with Crippen LogP contribution < -0.4 is 0 Å². The predicted molar refractivity (Wildman–Crippen MR) is 75.8 cm³/mol. The van der Waals surface area contributed by atoms with Gasteiger partial charge < -0.3 is 4.90 Å². The first-order chi connectivity index (χ1) is 9.27. The molecule has 0 heterocycles. The Hall–Kier alpha value is -1.87. The van der Waals surface area contributed by atoms with Crippen LogP contribution >= 0.6 is 0 Å². The fourth-order valence-electron chi connectivity index (χ4n) is 1.61. The van der Waals surface area contributed by atoms with Crippen LogP contribution in [0.25, 0.3) is 0 Å². The van der Waals surface area contributed by atoms with Crippen LogP contribution in [0.3, 0.4) is 0 Å². The number of aryl methyl sites for hydroxylation is 2. The normalized spacial score (nSPS) is 10.9. The summed E-state index contributed by atoms with van der Waals surface area (Å²) in [7, 11) is -2.15. The molecule has 6 heteroatoms. The molecule has 1 aromatic rings. The largest absolute Gasteiger partial charge is 0.344 e. The van der Waals surface area contributed by atoms with Gasteiger partial charge in [0, 0.05) is 13.6 Å². The van der Waals surface area contributed by atoms with Crippen LogP contribution in [-0.4, -0.2) is 38.6 Å². The van der Waals surface area contributed by atoms with Crippen molar-refractivity contribution in [1.29, 1.82) is 5.26 Å². The second-order valence-corrected chi connectivity index (χ2v) is 6.72. The van der Waals surface area contributed by atoms with Gasteiger partial charge in [0.05, 0.1) is 17.4 Å². The monoisotopic (exact) mass is 294 g/mol. The number of carbonyl (C=O) groups excluding carboxylic acids is 1. The van der Waals surface area contributed by atoms with Crippen LogP contribution in [0, 0.1) is 25.2 Å². The van der Waals surface area contributed by atoms with Crippen molar-refractivity contribution in [2.75, 3.05) is 19.3 Å². The lowest BCUT2D eigenvalue weighted by atomic mass is 10.1. The van der Waals surface area contributed by atoms with Crippen molar-refractivity contribution >= 4 is 15.7 Å². The summed E-state index contributed by atoms with van der Waals surface area (Å²) < 4.78 is 24.3. The summed E-state index contributed by atoms with van der Waals surface area (Å²) in [5, 5.41) is 8.46. The molecule has 0 saturated heterocycles. The van der Waals surface area contributed by atoms with Crippen LogP contribution in [0.15, 0.2) is 23.1 Å². The molecule has 0 unspecified atom stereocenters. The molecule has 1 aromatic carbocycles. The quantitative estimate of drug-likeness (QED) is 0.823. The Kier molecular flexibility index (Phi) is 5.28. The van der Waals surface area contributed by atoms with Crippen molar-refractivity contribution in [2.45, 2.75) is 25.2 Å². The summed E-state index contributed by atoms with van der Waals surface area (Å²) >= 11 is 0. The van der Waals surface area contributed by atoms with Crippen LogP contribution in [0.5, 0.6) is 0 Å². The number of sulfone groups is 1. The van der Waals surface area contributed by atoms with Gasteiger partial charge in [0.25, 0.3) is 0 Å². The third kappa shape index (κ3) is 4.07. The molecule has 0 aliphatic rings. The Morgan fingerprint density at radius 3 is 2.50 bits per heavy atom. The summed E-state index contributed by atoms with van der Waals surface area (Å²) in [6.45, 7) is 3.96. The van der Waals surface area contributed by atoms with Crippen LogP contribution in [0.2, 0.25) is 0 Å². The fraction of sp³-hybridized carbons (Fsp3) is 0.429. The molecule has 1 rings (SSSR count). The standard InChI is InChI=1S/C14H18N2O3S/c1-11-5-6-13(9-12(11)2)20(18,19)10-14(17)16(3)8-4-7-15/h5-6,9H,4,8,10H2,1-3H3. The molecule has 0 N–H and O–H groups in total. The van der Waals surface area contributed by atoms with E-state index >= 15 is 0 Å². The molecular weight excluding hydrogens is 276 g/mol. The molecule has 0 saturated carbocycles. The number of nitriles is 1. The number of hydrogen-bond donors (Lipinski definition) is 0. The number of amides is 1. The fourth-order valence-corrected chi connectivity index (χ4v) is 2.95. The van der Waals surface area contributed by atoms with E-state index in [2.05, 4.69) is 0 Å². The van der Waals surface area contributed by atoms with Gasteiger partial charge in [-0.15, -0.1) is 0 Å². The van der Waals surface area contributed by atoms with Gasteiger partial charge in [-0.1, -0.05) is 6.07 Å². The second kappa shape index (κ2) is 6.53. The van der Waals surface area contributed by atoms with E-state index in [0.717, 1.165) is 11.1 Å². The lowest BCUT2D eigenvalue weighted by molar-refractivity contribution is -0.127. The Bertz CT molecular complexity index is 645. The SMILES string of the molecule is Cc1ccc(S(=O)(=O)CC(=O)N(C)CCC#N)cc1C. The van der Waals surface area contributed by atoms with Crippen molar-refractivity contribution in [1.82, 2.24) is 4.90 Å². The maximum absolute atomic E-state index is 12.2. The van der Waals surface area contributed by atoms with E-state index in [0.29, 0.717) is 0 Å². The first-order valence-electron chi connectivity index (χ1n) is 6.19. The molecule has 108 valence electrons. The Morgan fingerprint density at radius 2 is 1.95 bits per heavy atom. The van der Waals surface area contributed by atoms with Crippen molar-refractivity contribution < 1.29 is 13.2 Å². The minimum atomic E-state index is -3.64. The first-order valence-corrected chi connectivity index (χ1v) is 7.84. The highest BCUT2D eigenvalue weighted by Crippen LogP contribution is 2.16. The van der Waals surface area contributed by atoms with Gasteiger partial charge in [0.1, 0.15) is 5.75 Å². The highest BCUT2D eigenvalue weighted by Gasteiger charge is 2.22. The van der Waals surface area contributed by atoms with E-state index in [9.17, 15) is 13.2 Å². The number of carbonyl (C=O) groups is 1. The molecule has 0 atom stereocenters. The Balaban J connectivity index is 2.87. The highest BCUT2D eigenvalue weighted by molar-refractivity contribution is 7.92. The highest BCUT2D eigenvalue weighted by atomic mass is 32.2. The molecule has 0 radical (unpaired) electrons. The molecule has 0 fully saturated rings. The third-order valence-corrected chi connectivity index (χ3v) is 4.73. The van der Waals surface area contributed by atoms with Crippen molar-refractivity contribution in [3.63, 3.8) is 0 Å². The topological polar surface area (TPSA) is 78.2 Å². The molecule has 0 bridgehead atoms. The zero-order chi connectivity index (χ0) is 15.3. The molecule has 5 nitrogen and oxygen atoms in total. The Labute approximate surface area is 119 Å². The third-order valence-electron chi connectivity index (χ3n) is 3.14. The first kappa shape index (κ1) is 16.2. The van der Waals surface area contributed by atoms with Crippen molar-refractivity contribution in [3.8, 4) is 6.07 Å². The van der Waals surface area contributed by atoms with Gasteiger partial charge in [0.2, 0.25) is 5.91 Å². The number of rotatable bonds is 5. The van der Waals surface area contributed by atoms with Crippen LogP contribution in [0.1, 0.15) is 17.5 Å². The summed E-state index contributed by atoms with van der Waals surface area (Å²) in [5.74, 6) is -1.07. The zero-order valence-corrected chi connectivity index (χ0v) is 12.7. The van der Waals surface area contributed by atoms with Crippen LogP contribution in [0.4, 0.5) is 0 Å². The van der Waals surface area contributed by atoms with E-state index in [1.54, 1.807) is 12.1 Å². The van der Waals surface area contributed by atoms with Gasteiger partial charge in [0.15, 0.2) is 9.84 Å². The molecular formula is C14H18N2O3S. The molecule has 0 aliphatic heterocycles. The van der Waals surface area contributed by atoms with Gasteiger partial charge >= 0.3 is 0 Å². The smallest absolute Gasteiger partial charge is 0.237 e. The Morgan fingerprint density at radius 1 is 1.30 bits per heavy atom. The van der Waals surface area contributed by atoms with Crippen molar-refractivity contribution in [3.05, 3.63) is 29.3 Å². The summed E-state index contributed by atoms with van der Waals surface area (Å²) in [5.41, 5.74) is 1.87. The van der Waals surface area contributed by atoms with Crippen LogP contribution in [-0.2, 0) is 14.6 Å². The minimum Gasteiger partial charge on any atom is -0.344 e. The number of nitrogens with zero attached hydrogens (tertiary/aromatic N) is 2. The summed E-state index contributed by atoms with van der Waals surface area (Å²) in [4.78, 5) is 13.2. The molecule has 20 heavy (non-hydrogen) atoms. The average Bonchev–Trinajstić information content (AvgIpc) is 2.38. The van der Waals surface area contributed by atoms with E-state index in [1.807, 2.05) is 19.9 Å². The number of hydrogen-bond acceptors (Lipinski definition) is 4. The summed E-state index contributed by atoms with van der Waals surface area (Å²) in [6, 6.07) is 6.74. The predicted octanol–water partition coefficient (Wildman–Crippen LogP) is 1.45. The van der Waals surface area contributed by atoms with Gasteiger partial charge in [-0.2, -0.15) is 5.26 Å². The molecule has 0 aliphatic carbocycles. The zero-order valence-electron chi connectivity index (χ0n) is 11.9. The van der Waals surface area contributed by atoms with Gasteiger partial charge in [-0.3, -0.25) is 4.79 Å². The maximum atomic E-state index is 12.2. The number of benzene rings is 1. The lowest BCUT2D eigenvalue weighted by Gasteiger charge is -2.15. The average molecular weight is 294 g/mol. The maximum Gasteiger partial charge on any atom is 0.237 e. The molecule has 0 aromatic heterocycles. The van der Waals surface area contributed by atoms with E-state index in [-0.39, 0.29) is 17.9 Å². The second-order valence-electron chi connectivity index (χ2n) is 4.73. The summed E-state index contributed by atoms with van der Waals surface area (Å²) in [6.07, 6.45) is 0.186. The van der Waals surface area contributed by atoms with Gasteiger partial charge in [-0.25, -0.2) is 8.42 Å². The van der Waals surface area contributed by atoms with Crippen molar-refractivity contribution in [2.24, 2.45) is 0 Å². The van der Waals surface area contributed by atoms with E-state index in [4.69, 9.17) is 5.26 Å². The molecule has 1 amide bonds. The van der Waals surface area contributed by atoms with Gasteiger partial charge in [-0.05, 0) is 37.1 Å². The van der Waals surface area contributed by atoms with E-state index < -0.39 is 21.5 Å². The molecule has 0 spiro atoms. The minimum absolute atomic E-state index is 0.155.